The van der Waals surface area contributed by atoms with Gasteiger partial charge in [-0.3, -0.25) is 0 Å². The van der Waals surface area contributed by atoms with Gasteiger partial charge in [-0.1, -0.05) is 0 Å². The molecule has 0 saturated heterocycles. The van der Waals surface area contributed by atoms with Gasteiger partial charge in [-0.15, -0.1) is 0 Å². The first-order valence-electron chi connectivity index (χ1n) is 7.71. The Morgan fingerprint density at radius 3 is 2.30 bits per heavy atom. The monoisotopic (exact) mass is 408 g/mol. The first-order chi connectivity index (χ1) is 11.4. The zero-order chi connectivity index (χ0) is 15.4. The van der Waals surface area contributed by atoms with Crippen molar-refractivity contribution in [3.8, 4) is 5.69 Å². The van der Waals surface area contributed by atoms with E-state index in [2.05, 4.69) is 82.3 Å². The van der Waals surface area contributed by atoms with Crippen molar-refractivity contribution in [3.63, 3.8) is 0 Å². The second kappa shape index (κ2) is 4.96. The summed E-state index contributed by atoms with van der Waals surface area (Å²) >= 11 is 0.0722. The molecule has 1 heterocycles. The van der Waals surface area contributed by atoms with E-state index in [-0.39, 0.29) is 21.2 Å². The van der Waals surface area contributed by atoms with Crippen molar-refractivity contribution in [2.24, 2.45) is 0 Å². The van der Waals surface area contributed by atoms with Gasteiger partial charge in [0, 0.05) is 0 Å². The third-order valence-electron chi connectivity index (χ3n) is 4.59. The van der Waals surface area contributed by atoms with Crippen LogP contribution in [0.25, 0.3) is 38.3 Å². The molecule has 0 radical (unpaired) electrons. The topological polar surface area (TPSA) is 4.93 Å². The summed E-state index contributed by atoms with van der Waals surface area (Å²) in [6.45, 7) is 0. The molecule has 0 aliphatic heterocycles. The van der Waals surface area contributed by atoms with Gasteiger partial charge in [0.25, 0.3) is 0 Å². The van der Waals surface area contributed by atoms with E-state index in [9.17, 15) is 0 Å². The molecule has 0 spiro atoms. The number of alkyl halides is 1. The fraction of sp³-hybridized carbons (Fsp3) is 0.0476. The molecule has 0 saturated carbocycles. The fourth-order valence-electron chi connectivity index (χ4n) is 3.62. The molecule has 0 atom stereocenters. The third kappa shape index (κ3) is 1.84. The van der Waals surface area contributed by atoms with Crippen LogP contribution in [0.5, 0.6) is 0 Å². The minimum absolute atomic E-state index is 0.0722. The molecule has 0 amide bonds. The quantitative estimate of drug-likeness (QED) is 0.240. The zero-order valence-electron chi connectivity index (χ0n) is 12.8. The summed E-state index contributed by atoms with van der Waals surface area (Å²) in [5.74, 6) is 0. The number of hydrogen-bond donors (Lipinski definition) is 0. The van der Waals surface area contributed by atoms with Gasteiger partial charge in [-0.25, -0.2) is 0 Å². The molecule has 0 aliphatic carbocycles. The number of rotatable bonds is 2. The molecule has 0 bridgehead atoms. The second-order valence-corrected chi connectivity index (χ2v) is 8.15. The van der Waals surface area contributed by atoms with Crippen LogP contribution in [0.4, 0.5) is 0 Å². The Balaban J connectivity index is 2.08. The fourth-order valence-corrected chi connectivity index (χ4v) is 4.88. The second-order valence-electron chi connectivity index (χ2n) is 5.82. The van der Waals surface area contributed by atoms with Crippen molar-refractivity contribution in [1.29, 1.82) is 0 Å². The number of halogens is 1. The molecule has 1 aromatic heterocycles. The van der Waals surface area contributed by atoms with Gasteiger partial charge in [-0.2, -0.15) is 0 Å². The van der Waals surface area contributed by atoms with Crippen molar-refractivity contribution in [3.05, 3.63) is 76.4 Å². The summed E-state index contributed by atoms with van der Waals surface area (Å²) in [5, 5.41) is 5.50. The van der Waals surface area contributed by atoms with E-state index in [1.165, 1.54) is 41.8 Å². The average molecular weight is 408 g/mol. The van der Waals surface area contributed by atoms with Crippen LogP contribution in [0, 0.1) is 3.57 Å². The van der Waals surface area contributed by atoms with E-state index >= 15 is 0 Å². The molecular formula is C21H15IN-. The van der Waals surface area contributed by atoms with Crippen molar-refractivity contribution in [2.75, 3.05) is 4.93 Å². The maximum atomic E-state index is 2.42. The Hall–Kier alpha value is -2.07. The van der Waals surface area contributed by atoms with Crippen LogP contribution in [-0.4, -0.2) is 9.50 Å². The van der Waals surface area contributed by atoms with Gasteiger partial charge in [-0.05, 0) is 0 Å². The van der Waals surface area contributed by atoms with E-state index in [1.807, 2.05) is 0 Å². The molecule has 5 rings (SSSR count). The number of para-hydroxylation sites is 1. The van der Waals surface area contributed by atoms with Crippen molar-refractivity contribution in [1.82, 2.24) is 4.57 Å². The van der Waals surface area contributed by atoms with E-state index in [4.69, 9.17) is 0 Å². The molecular weight excluding hydrogens is 393 g/mol. The summed E-state index contributed by atoms with van der Waals surface area (Å²) in [6, 6.07) is 26.7. The molecule has 0 fully saturated rings. The van der Waals surface area contributed by atoms with E-state index in [0.717, 1.165) is 0 Å². The molecule has 1 nitrogen and oxygen atoms in total. The van der Waals surface area contributed by atoms with Crippen LogP contribution in [0.2, 0.25) is 0 Å². The number of benzene rings is 4. The van der Waals surface area contributed by atoms with E-state index < -0.39 is 0 Å². The summed E-state index contributed by atoms with van der Waals surface area (Å²) in [6.07, 6.45) is 0. The number of nitrogens with zero attached hydrogens (tertiary/aromatic N) is 1. The standard InChI is InChI=1S/C21H15IN/c1-22-16-12-15-11-10-14-6-5-9-18-20(14)21(15)19(13-16)23(18)17-7-3-2-4-8-17/h2-13H,1H3/q-1. The van der Waals surface area contributed by atoms with E-state index in [0.29, 0.717) is 0 Å². The zero-order valence-corrected chi connectivity index (χ0v) is 14.9. The first-order valence-corrected chi connectivity index (χ1v) is 10.9. The average Bonchev–Trinajstić information content (AvgIpc) is 2.95. The van der Waals surface area contributed by atoms with Crippen LogP contribution in [-0.2, 0) is 0 Å². The molecule has 4 aromatic carbocycles. The molecule has 112 valence electrons. The Morgan fingerprint density at radius 2 is 1.48 bits per heavy atom. The Morgan fingerprint density at radius 1 is 0.696 bits per heavy atom. The van der Waals surface area contributed by atoms with Crippen molar-refractivity contribution >= 4 is 32.6 Å². The van der Waals surface area contributed by atoms with Gasteiger partial charge in [0.15, 0.2) is 0 Å². The van der Waals surface area contributed by atoms with Gasteiger partial charge in [0.05, 0.1) is 0 Å². The van der Waals surface area contributed by atoms with Gasteiger partial charge >= 0.3 is 145 Å². The molecule has 0 aliphatic rings. The van der Waals surface area contributed by atoms with Crippen LogP contribution in [0.3, 0.4) is 0 Å². The van der Waals surface area contributed by atoms with Gasteiger partial charge in [0.2, 0.25) is 0 Å². The Kier molecular flexibility index (Phi) is 2.89. The molecule has 5 aromatic rings. The van der Waals surface area contributed by atoms with Crippen LogP contribution in [0.1, 0.15) is 0 Å². The molecule has 0 N–H and O–H groups in total. The van der Waals surface area contributed by atoms with E-state index in [1.54, 1.807) is 0 Å². The van der Waals surface area contributed by atoms with Crippen LogP contribution >= 0.6 is 0 Å². The predicted molar refractivity (Wildman–Crippen MR) is 94.1 cm³/mol. The van der Waals surface area contributed by atoms with Gasteiger partial charge < -0.3 is 0 Å². The summed E-state index contributed by atoms with van der Waals surface area (Å²) in [7, 11) is 0. The SMILES string of the molecule is C[I-]c1cc2ccc3cccc4c3c2c(c1)n4-c1ccccc1. The molecule has 0 unspecified atom stereocenters. The number of aromatic nitrogens is 1. The van der Waals surface area contributed by atoms with Gasteiger partial charge in [0.1, 0.15) is 0 Å². The Labute approximate surface area is 145 Å². The Bertz CT molecular complexity index is 1140. The summed E-state index contributed by atoms with van der Waals surface area (Å²) in [5.41, 5.74) is 3.89. The van der Waals surface area contributed by atoms with Crippen molar-refractivity contribution < 1.29 is 21.2 Å². The molecule has 23 heavy (non-hydrogen) atoms. The molecule has 2 heteroatoms. The summed E-state index contributed by atoms with van der Waals surface area (Å²) in [4.78, 5) is 2.33. The van der Waals surface area contributed by atoms with Crippen LogP contribution < -0.4 is 21.2 Å². The number of hydrogen-bond acceptors (Lipinski definition) is 0. The predicted octanol–water partition coefficient (Wildman–Crippen LogP) is 2.26. The van der Waals surface area contributed by atoms with Crippen LogP contribution in [0.15, 0.2) is 72.8 Å². The third-order valence-corrected chi connectivity index (χ3v) is 6.46. The first kappa shape index (κ1) is 13.4. The minimum atomic E-state index is 0.0722. The van der Waals surface area contributed by atoms with Crippen molar-refractivity contribution in [2.45, 2.75) is 0 Å². The maximum absolute atomic E-state index is 2.42. The normalized spacial score (nSPS) is 12.0. The summed E-state index contributed by atoms with van der Waals surface area (Å²) < 4.78 is 3.92.